The summed E-state index contributed by atoms with van der Waals surface area (Å²) in [5.41, 5.74) is -0.469. The first kappa shape index (κ1) is 15.8. The summed E-state index contributed by atoms with van der Waals surface area (Å²) < 4.78 is 52.0. The highest BCUT2D eigenvalue weighted by Gasteiger charge is 2.30. The fourth-order valence-electron chi connectivity index (χ4n) is 1.90. The van der Waals surface area contributed by atoms with E-state index in [0.717, 1.165) is 24.3 Å². The van der Waals surface area contributed by atoms with Crippen LogP contribution < -0.4 is 0 Å². The molecule has 114 valence electrons. The summed E-state index contributed by atoms with van der Waals surface area (Å²) in [4.78, 5) is 10.5. The highest BCUT2D eigenvalue weighted by atomic mass is 19.4. The molecule has 0 saturated carbocycles. The van der Waals surface area contributed by atoms with Gasteiger partial charge in [0.2, 0.25) is 0 Å². The highest BCUT2D eigenvalue weighted by molar-refractivity contribution is 5.85. The van der Waals surface area contributed by atoms with Crippen molar-refractivity contribution in [3.63, 3.8) is 0 Å². The molecule has 0 heterocycles. The molecule has 2 nitrogen and oxygen atoms in total. The first-order valence-electron chi connectivity index (χ1n) is 6.15. The Morgan fingerprint density at radius 2 is 1.82 bits per heavy atom. The maximum absolute atomic E-state index is 13.9. The topological polar surface area (TPSA) is 37.3 Å². The van der Waals surface area contributed by atoms with Crippen molar-refractivity contribution < 1.29 is 27.5 Å². The zero-order valence-corrected chi connectivity index (χ0v) is 11.1. The number of carbonyl (C=O) groups is 1. The van der Waals surface area contributed by atoms with Gasteiger partial charge < -0.3 is 5.11 Å². The molecule has 0 aliphatic carbocycles. The van der Waals surface area contributed by atoms with Gasteiger partial charge in [-0.1, -0.05) is 18.2 Å². The second-order valence-corrected chi connectivity index (χ2v) is 4.49. The van der Waals surface area contributed by atoms with Gasteiger partial charge in [-0.3, -0.25) is 0 Å². The number of aliphatic carboxylic acids is 1. The van der Waals surface area contributed by atoms with Gasteiger partial charge in [0.1, 0.15) is 5.82 Å². The Morgan fingerprint density at radius 3 is 2.45 bits per heavy atom. The number of halogens is 4. The van der Waals surface area contributed by atoms with Crippen LogP contribution in [0.15, 0.2) is 48.5 Å². The predicted molar refractivity (Wildman–Crippen MR) is 73.5 cm³/mol. The van der Waals surface area contributed by atoms with Crippen molar-refractivity contribution in [1.29, 1.82) is 0 Å². The largest absolute Gasteiger partial charge is 0.478 e. The quantitative estimate of drug-likeness (QED) is 0.664. The van der Waals surface area contributed by atoms with E-state index in [9.17, 15) is 22.4 Å². The number of hydrogen-bond acceptors (Lipinski definition) is 1. The number of carboxylic acid groups (broad SMARTS) is 1. The molecular weight excluding hydrogens is 300 g/mol. The van der Waals surface area contributed by atoms with Crippen LogP contribution in [0.3, 0.4) is 0 Å². The van der Waals surface area contributed by atoms with Crippen molar-refractivity contribution >= 4 is 12.0 Å². The third-order valence-corrected chi connectivity index (χ3v) is 2.91. The van der Waals surface area contributed by atoms with Crippen molar-refractivity contribution in [2.75, 3.05) is 0 Å². The Bertz CT molecular complexity index is 733. The van der Waals surface area contributed by atoms with Crippen molar-refractivity contribution in [2.45, 2.75) is 6.18 Å². The van der Waals surface area contributed by atoms with Gasteiger partial charge in [-0.15, -0.1) is 0 Å². The summed E-state index contributed by atoms with van der Waals surface area (Å²) >= 11 is 0. The number of benzene rings is 2. The Hall–Kier alpha value is -2.63. The second kappa shape index (κ2) is 6.01. The average molecular weight is 310 g/mol. The summed E-state index contributed by atoms with van der Waals surface area (Å²) in [7, 11) is 0. The van der Waals surface area contributed by atoms with Crippen molar-refractivity contribution in [3.05, 3.63) is 65.5 Å². The van der Waals surface area contributed by atoms with Crippen LogP contribution in [-0.2, 0) is 11.0 Å². The minimum absolute atomic E-state index is 0.0290. The molecule has 0 unspecified atom stereocenters. The Balaban J connectivity index is 2.48. The normalized spacial score (nSPS) is 11.8. The Kier molecular flexibility index (Phi) is 4.30. The van der Waals surface area contributed by atoms with Gasteiger partial charge in [-0.2, -0.15) is 13.2 Å². The zero-order valence-electron chi connectivity index (χ0n) is 11.1. The third kappa shape index (κ3) is 3.72. The minimum atomic E-state index is -4.52. The zero-order chi connectivity index (χ0) is 16.3. The van der Waals surface area contributed by atoms with E-state index in [1.165, 1.54) is 30.3 Å². The molecule has 0 aromatic heterocycles. The van der Waals surface area contributed by atoms with Crippen LogP contribution in [0.25, 0.3) is 17.2 Å². The van der Waals surface area contributed by atoms with Crippen molar-refractivity contribution in [3.8, 4) is 11.1 Å². The molecule has 0 aliphatic heterocycles. The van der Waals surface area contributed by atoms with Crippen LogP contribution in [0.1, 0.15) is 11.1 Å². The maximum atomic E-state index is 13.9. The summed E-state index contributed by atoms with van der Waals surface area (Å²) in [6, 6.07) is 8.02. The van der Waals surface area contributed by atoms with Gasteiger partial charge in [0.15, 0.2) is 0 Å². The molecule has 0 atom stereocenters. The molecule has 0 saturated heterocycles. The van der Waals surface area contributed by atoms with Gasteiger partial charge >= 0.3 is 12.1 Å². The van der Waals surface area contributed by atoms with Gasteiger partial charge in [0.25, 0.3) is 0 Å². The number of carboxylic acids is 1. The lowest BCUT2D eigenvalue weighted by molar-refractivity contribution is -0.137. The molecule has 2 rings (SSSR count). The van der Waals surface area contributed by atoms with Gasteiger partial charge in [-0.05, 0) is 41.5 Å². The summed E-state index contributed by atoms with van der Waals surface area (Å²) in [6.45, 7) is 0. The molecule has 1 N–H and O–H groups in total. The minimum Gasteiger partial charge on any atom is -0.478 e. The number of alkyl halides is 3. The molecule has 2 aromatic carbocycles. The lowest BCUT2D eigenvalue weighted by atomic mass is 10.00. The van der Waals surface area contributed by atoms with Crippen LogP contribution in [0.5, 0.6) is 0 Å². The highest BCUT2D eigenvalue weighted by Crippen LogP contribution is 2.33. The average Bonchev–Trinajstić information content (AvgIpc) is 2.45. The standard InChI is InChI=1S/C16H10F4O2/c17-14-6-4-10(5-7-15(21)22)8-13(14)11-2-1-3-12(9-11)16(18,19)20/h1-9H,(H,21,22). The molecule has 0 amide bonds. The Morgan fingerprint density at radius 1 is 1.09 bits per heavy atom. The lowest BCUT2D eigenvalue weighted by Gasteiger charge is -2.10. The van der Waals surface area contributed by atoms with E-state index in [4.69, 9.17) is 5.11 Å². The van der Waals surface area contributed by atoms with Crippen LogP contribution in [0, 0.1) is 5.82 Å². The molecule has 0 spiro atoms. The maximum Gasteiger partial charge on any atom is 0.416 e. The fraction of sp³-hybridized carbons (Fsp3) is 0.0625. The van der Waals surface area contributed by atoms with E-state index in [2.05, 4.69) is 0 Å². The van der Waals surface area contributed by atoms with Crippen LogP contribution >= 0.6 is 0 Å². The fourth-order valence-corrected chi connectivity index (χ4v) is 1.90. The molecule has 0 fully saturated rings. The van der Waals surface area contributed by atoms with Crippen LogP contribution in [0.4, 0.5) is 17.6 Å². The SMILES string of the molecule is O=C(O)C=Cc1ccc(F)c(-c2cccc(C(F)(F)F)c2)c1. The molecular formula is C16H10F4O2. The Labute approximate surface area is 123 Å². The van der Waals surface area contributed by atoms with E-state index in [1.807, 2.05) is 0 Å². The lowest BCUT2D eigenvalue weighted by Crippen LogP contribution is -2.04. The summed E-state index contributed by atoms with van der Waals surface area (Å²) in [6.07, 6.45) is -2.42. The number of hydrogen-bond donors (Lipinski definition) is 1. The number of rotatable bonds is 3. The smallest absolute Gasteiger partial charge is 0.416 e. The first-order chi connectivity index (χ1) is 10.3. The monoisotopic (exact) mass is 310 g/mol. The molecule has 0 aliphatic rings. The van der Waals surface area contributed by atoms with Crippen molar-refractivity contribution in [1.82, 2.24) is 0 Å². The molecule has 22 heavy (non-hydrogen) atoms. The van der Waals surface area contributed by atoms with Gasteiger partial charge in [-0.25, -0.2) is 9.18 Å². The van der Waals surface area contributed by atoms with E-state index in [1.54, 1.807) is 0 Å². The van der Waals surface area contributed by atoms with Gasteiger partial charge in [0.05, 0.1) is 5.56 Å². The van der Waals surface area contributed by atoms with E-state index in [-0.39, 0.29) is 11.1 Å². The molecule has 2 aromatic rings. The van der Waals surface area contributed by atoms with Gasteiger partial charge in [0, 0.05) is 11.6 Å². The second-order valence-electron chi connectivity index (χ2n) is 4.49. The van der Waals surface area contributed by atoms with E-state index in [0.29, 0.717) is 5.56 Å². The first-order valence-corrected chi connectivity index (χ1v) is 6.15. The third-order valence-electron chi connectivity index (χ3n) is 2.91. The van der Waals surface area contributed by atoms with E-state index >= 15 is 0 Å². The molecule has 0 radical (unpaired) electrons. The molecule has 0 bridgehead atoms. The van der Waals surface area contributed by atoms with Crippen LogP contribution in [-0.4, -0.2) is 11.1 Å². The van der Waals surface area contributed by atoms with Crippen LogP contribution in [0.2, 0.25) is 0 Å². The van der Waals surface area contributed by atoms with Crippen molar-refractivity contribution in [2.24, 2.45) is 0 Å². The molecule has 6 heteroatoms. The van der Waals surface area contributed by atoms with E-state index < -0.39 is 23.5 Å². The summed E-state index contributed by atoms with van der Waals surface area (Å²) in [5.74, 6) is -1.86. The predicted octanol–water partition coefficient (Wildman–Crippen LogP) is 4.61. The summed E-state index contributed by atoms with van der Waals surface area (Å²) in [5, 5.41) is 8.56.